The number of ether oxygens (including phenoxy) is 2. The lowest BCUT2D eigenvalue weighted by Crippen LogP contribution is -2.28. The summed E-state index contributed by atoms with van der Waals surface area (Å²) in [6.45, 7) is 0.594. The molecular weight excluding hydrogens is 300 g/mol. The summed E-state index contributed by atoms with van der Waals surface area (Å²) in [5.41, 5.74) is 1.09. The molecule has 0 amide bonds. The predicted molar refractivity (Wildman–Crippen MR) is 69.5 cm³/mol. The van der Waals surface area contributed by atoms with Crippen molar-refractivity contribution in [2.24, 2.45) is 0 Å². The Balaban J connectivity index is 2.36. The monoisotopic (exact) mass is 316 g/mol. The molecular formula is C12H17BrN2O3. The smallest absolute Gasteiger partial charge is 0.328 e. The van der Waals surface area contributed by atoms with Gasteiger partial charge in [0.05, 0.1) is 19.4 Å². The van der Waals surface area contributed by atoms with E-state index in [1.807, 2.05) is 4.57 Å². The minimum Gasteiger partial charge on any atom is -0.467 e. The van der Waals surface area contributed by atoms with Crippen molar-refractivity contribution in [3.8, 4) is 0 Å². The van der Waals surface area contributed by atoms with E-state index in [1.165, 1.54) is 7.11 Å². The van der Waals surface area contributed by atoms with Gasteiger partial charge in [-0.05, 0) is 35.2 Å². The van der Waals surface area contributed by atoms with Crippen LogP contribution in [0.1, 0.15) is 30.4 Å². The Labute approximate surface area is 115 Å². The minimum atomic E-state index is -0.246. The van der Waals surface area contributed by atoms with Crippen molar-refractivity contribution >= 4 is 21.9 Å². The molecule has 1 aliphatic rings. The summed E-state index contributed by atoms with van der Waals surface area (Å²) in [5, 5.41) is 0. The summed E-state index contributed by atoms with van der Waals surface area (Å²) in [5.74, 6) is 0.688. The Morgan fingerprint density at radius 3 is 3.00 bits per heavy atom. The Hall–Kier alpha value is -0.880. The maximum absolute atomic E-state index is 11.8. The second-order valence-corrected chi connectivity index (χ2v) is 5.06. The average molecular weight is 317 g/mol. The Bertz CT molecular complexity index is 445. The van der Waals surface area contributed by atoms with Crippen LogP contribution in [0.3, 0.4) is 0 Å². The van der Waals surface area contributed by atoms with E-state index >= 15 is 0 Å². The molecule has 0 bridgehead atoms. The van der Waals surface area contributed by atoms with Crippen molar-refractivity contribution in [3.63, 3.8) is 0 Å². The van der Waals surface area contributed by atoms with Crippen molar-refractivity contribution in [1.82, 2.24) is 9.55 Å². The van der Waals surface area contributed by atoms with E-state index < -0.39 is 0 Å². The van der Waals surface area contributed by atoms with E-state index in [2.05, 4.69) is 20.9 Å². The molecule has 0 saturated carbocycles. The Morgan fingerprint density at radius 2 is 2.33 bits per heavy atom. The zero-order valence-electron chi connectivity index (χ0n) is 10.6. The molecule has 6 heteroatoms. The molecule has 0 radical (unpaired) electrons. The number of imidazole rings is 1. The Morgan fingerprint density at radius 1 is 1.56 bits per heavy atom. The van der Waals surface area contributed by atoms with E-state index in [9.17, 15) is 4.79 Å². The number of hydrogen-bond donors (Lipinski definition) is 0. The fraction of sp³-hybridized carbons (Fsp3) is 0.667. The van der Waals surface area contributed by atoms with Crippen LogP contribution in [0.2, 0.25) is 0 Å². The predicted octanol–water partition coefficient (Wildman–Crippen LogP) is 1.88. The van der Waals surface area contributed by atoms with Gasteiger partial charge in [0, 0.05) is 13.5 Å². The zero-order valence-corrected chi connectivity index (χ0v) is 12.2. The molecule has 1 aromatic heterocycles. The first kappa shape index (κ1) is 13.5. The van der Waals surface area contributed by atoms with Crippen molar-refractivity contribution in [2.75, 3.05) is 20.8 Å². The van der Waals surface area contributed by atoms with Gasteiger partial charge in [-0.25, -0.2) is 9.78 Å². The molecule has 0 saturated heterocycles. The molecule has 1 aromatic rings. The first-order chi connectivity index (χ1) is 8.69. The van der Waals surface area contributed by atoms with Crippen molar-refractivity contribution in [2.45, 2.75) is 31.7 Å². The molecule has 0 fully saturated rings. The van der Waals surface area contributed by atoms with E-state index in [4.69, 9.17) is 9.47 Å². The van der Waals surface area contributed by atoms with Gasteiger partial charge in [0.1, 0.15) is 16.5 Å². The summed E-state index contributed by atoms with van der Waals surface area (Å²) in [6.07, 6.45) is 3.42. The van der Waals surface area contributed by atoms with Crippen LogP contribution in [0.5, 0.6) is 0 Å². The lowest BCUT2D eigenvalue weighted by atomic mass is 10.0. The molecule has 100 valence electrons. The van der Waals surface area contributed by atoms with E-state index in [0.29, 0.717) is 13.0 Å². The van der Waals surface area contributed by atoms with Gasteiger partial charge < -0.3 is 14.0 Å². The highest BCUT2D eigenvalue weighted by Gasteiger charge is 2.31. The van der Waals surface area contributed by atoms with Gasteiger partial charge in [0.15, 0.2) is 0 Å². The number of halogens is 1. The SMILES string of the molecule is COCCc1nc(Br)c2n1C(C(=O)OC)CCC2. The first-order valence-corrected chi connectivity index (χ1v) is 6.80. The Kier molecular flexibility index (Phi) is 4.40. The third-order valence-corrected chi connectivity index (χ3v) is 3.88. The molecule has 1 atom stereocenters. The second-order valence-electron chi connectivity index (χ2n) is 4.31. The van der Waals surface area contributed by atoms with Crippen LogP contribution in [0.4, 0.5) is 0 Å². The molecule has 0 spiro atoms. The largest absolute Gasteiger partial charge is 0.467 e. The summed E-state index contributed by atoms with van der Waals surface area (Å²) in [4.78, 5) is 16.3. The van der Waals surface area contributed by atoms with E-state index in [0.717, 1.165) is 35.4 Å². The van der Waals surface area contributed by atoms with Crippen molar-refractivity contribution in [1.29, 1.82) is 0 Å². The highest BCUT2D eigenvalue weighted by molar-refractivity contribution is 9.10. The van der Waals surface area contributed by atoms with Crippen LogP contribution < -0.4 is 0 Å². The van der Waals surface area contributed by atoms with Crippen LogP contribution in [-0.2, 0) is 27.1 Å². The van der Waals surface area contributed by atoms with Gasteiger partial charge in [-0.1, -0.05) is 0 Å². The van der Waals surface area contributed by atoms with E-state index in [1.54, 1.807) is 7.11 Å². The maximum atomic E-state index is 11.8. The number of esters is 1. The van der Waals surface area contributed by atoms with Crippen LogP contribution in [-0.4, -0.2) is 36.3 Å². The molecule has 0 aliphatic carbocycles. The standard InChI is InChI=1S/C12H17BrN2O3/c1-17-7-6-10-14-11(13)8-4-3-5-9(15(8)10)12(16)18-2/h9H,3-7H2,1-2H3. The summed E-state index contributed by atoms with van der Waals surface area (Å²) in [7, 11) is 3.09. The number of rotatable bonds is 4. The first-order valence-electron chi connectivity index (χ1n) is 6.01. The number of carbonyl (C=O) groups is 1. The number of aromatic nitrogens is 2. The molecule has 2 heterocycles. The van der Waals surface area contributed by atoms with Crippen LogP contribution in [0.25, 0.3) is 0 Å². The summed E-state index contributed by atoms with van der Waals surface area (Å²) in [6, 6.07) is -0.246. The molecule has 1 aliphatic heterocycles. The quantitative estimate of drug-likeness (QED) is 0.796. The molecule has 5 nitrogen and oxygen atoms in total. The number of nitrogens with zero attached hydrogens (tertiary/aromatic N) is 2. The van der Waals surface area contributed by atoms with Gasteiger partial charge in [-0.3, -0.25) is 0 Å². The van der Waals surface area contributed by atoms with Crippen LogP contribution >= 0.6 is 15.9 Å². The molecule has 0 N–H and O–H groups in total. The van der Waals surface area contributed by atoms with Gasteiger partial charge >= 0.3 is 5.97 Å². The number of fused-ring (bicyclic) bond motifs is 1. The third-order valence-electron chi connectivity index (χ3n) is 3.24. The van der Waals surface area contributed by atoms with Gasteiger partial charge in [-0.15, -0.1) is 0 Å². The van der Waals surface area contributed by atoms with Gasteiger partial charge in [0.2, 0.25) is 0 Å². The summed E-state index contributed by atoms with van der Waals surface area (Å²) < 4.78 is 12.8. The lowest BCUT2D eigenvalue weighted by Gasteiger charge is -2.25. The van der Waals surface area contributed by atoms with E-state index in [-0.39, 0.29) is 12.0 Å². The summed E-state index contributed by atoms with van der Waals surface area (Å²) >= 11 is 3.47. The topological polar surface area (TPSA) is 53.4 Å². The fourth-order valence-corrected chi connectivity index (χ4v) is 2.99. The lowest BCUT2D eigenvalue weighted by molar-refractivity contribution is -0.145. The second kappa shape index (κ2) is 5.84. The van der Waals surface area contributed by atoms with Crippen LogP contribution in [0.15, 0.2) is 4.60 Å². The highest BCUT2D eigenvalue weighted by Crippen LogP contribution is 2.32. The number of methoxy groups -OCH3 is 2. The normalized spacial score (nSPS) is 18.5. The highest BCUT2D eigenvalue weighted by atomic mass is 79.9. The minimum absolute atomic E-state index is 0.195. The van der Waals surface area contributed by atoms with Gasteiger partial charge in [0.25, 0.3) is 0 Å². The molecule has 18 heavy (non-hydrogen) atoms. The number of carbonyl (C=O) groups excluding carboxylic acids is 1. The molecule has 1 unspecified atom stereocenters. The molecule has 0 aromatic carbocycles. The third kappa shape index (κ3) is 2.44. The van der Waals surface area contributed by atoms with Crippen molar-refractivity contribution in [3.05, 3.63) is 16.1 Å². The zero-order chi connectivity index (χ0) is 13.1. The average Bonchev–Trinajstić information content (AvgIpc) is 2.72. The number of hydrogen-bond acceptors (Lipinski definition) is 4. The fourth-order valence-electron chi connectivity index (χ4n) is 2.40. The van der Waals surface area contributed by atoms with Gasteiger partial charge in [-0.2, -0.15) is 0 Å². The molecule has 2 rings (SSSR count). The van der Waals surface area contributed by atoms with Crippen molar-refractivity contribution < 1.29 is 14.3 Å². The van der Waals surface area contributed by atoms with Crippen LogP contribution in [0, 0.1) is 0 Å². The maximum Gasteiger partial charge on any atom is 0.328 e.